The lowest BCUT2D eigenvalue weighted by atomic mass is 10.0. The molecule has 0 bridgehead atoms. The fourth-order valence-corrected chi connectivity index (χ4v) is 2.28. The van der Waals surface area contributed by atoms with Crippen LogP contribution in [0.1, 0.15) is 57.4 Å². The number of nitro groups is 1. The maximum atomic E-state index is 11.5. The van der Waals surface area contributed by atoms with Crippen LogP contribution in [0.25, 0.3) is 0 Å². The number of hydrogen-bond donors (Lipinski definition) is 1. The summed E-state index contributed by atoms with van der Waals surface area (Å²) in [5.41, 5.74) is 2.78. The van der Waals surface area contributed by atoms with E-state index in [9.17, 15) is 14.9 Å². The number of carbonyl (C=O) groups is 1. The van der Waals surface area contributed by atoms with Gasteiger partial charge in [-0.3, -0.25) is 15.0 Å². The number of para-hydroxylation sites is 1. The third kappa shape index (κ3) is 7.41. The summed E-state index contributed by atoms with van der Waals surface area (Å²) in [6.07, 6.45) is 4.82. The van der Waals surface area contributed by atoms with Gasteiger partial charge in [0.25, 0.3) is 5.69 Å². The number of ether oxygens (including phenoxy) is 1. The summed E-state index contributed by atoms with van der Waals surface area (Å²) < 4.78 is 5.04. The minimum absolute atomic E-state index is 0.0253. The van der Waals surface area contributed by atoms with Gasteiger partial charge in [0.2, 0.25) is 0 Å². The van der Waals surface area contributed by atoms with Crippen LogP contribution in [-0.2, 0) is 9.57 Å². The third-order valence-corrected chi connectivity index (χ3v) is 3.63. The van der Waals surface area contributed by atoms with E-state index < -0.39 is 11.0 Å². The summed E-state index contributed by atoms with van der Waals surface area (Å²) in [6, 6.07) is 6.43. The van der Waals surface area contributed by atoms with Gasteiger partial charge < -0.3 is 4.74 Å². The second-order valence-corrected chi connectivity index (χ2v) is 5.68. The Hall–Kier alpha value is -2.15. The van der Waals surface area contributed by atoms with Crippen molar-refractivity contribution in [2.45, 2.75) is 51.9 Å². The van der Waals surface area contributed by atoms with Crippen molar-refractivity contribution in [3.05, 3.63) is 39.9 Å². The van der Waals surface area contributed by atoms with Crippen molar-refractivity contribution in [3.8, 4) is 0 Å². The van der Waals surface area contributed by atoms with E-state index >= 15 is 0 Å². The van der Waals surface area contributed by atoms with Crippen molar-refractivity contribution in [2.75, 3.05) is 13.2 Å². The number of nitro benzene ring substituents is 1. The molecule has 1 unspecified atom stereocenters. The Balaban J connectivity index is 2.26. The first-order valence-corrected chi connectivity index (χ1v) is 8.34. The number of carbonyl (C=O) groups excluding carboxylic acids is 1. The van der Waals surface area contributed by atoms with Gasteiger partial charge in [-0.15, -0.1) is 0 Å². The number of benzene rings is 1. The molecule has 1 rings (SSSR count). The van der Waals surface area contributed by atoms with Gasteiger partial charge in [-0.25, -0.2) is 4.79 Å². The molecule has 0 aliphatic rings. The maximum Gasteiger partial charge on any atom is 0.431 e. The maximum absolute atomic E-state index is 11.5. The van der Waals surface area contributed by atoms with Gasteiger partial charge in [-0.2, -0.15) is 5.48 Å². The number of hydrogen-bond acceptors (Lipinski definition) is 5. The summed E-state index contributed by atoms with van der Waals surface area (Å²) >= 11 is 0. The zero-order chi connectivity index (χ0) is 17.8. The van der Waals surface area contributed by atoms with Crippen LogP contribution in [0.4, 0.5) is 10.5 Å². The molecule has 0 fully saturated rings. The summed E-state index contributed by atoms with van der Waals surface area (Å²) in [4.78, 5) is 27.1. The van der Waals surface area contributed by atoms with Crippen molar-refractivity contribution in [2.24, 2.45) is 0 Å². The molecule has 0 aliphatic carbocycles. The fourth-order valence-electron chi connectivity index (χ4n) is 2.28. The third-order valence-electron chi connectivity index (χ3n) is 3.63. The molecule has 0 saturated heterocycles. The van der Waals surface area contributed by atoms with Crippen molar-refractivity contribution in [1.82, 2.24) is 5.48 Å². The molecule has 1 aromatic carbocycles. The summed E-state index contributed by atoms with van der Waals surface area (Å²) in [5, 5.41) is 11.0. The van der Waals surface area contributed by atoms with Crippen LogP contribution in [-0.4, -0.2) is 24.2 Å². The van der Waals surface area contributed by atoms with Crippen molar-refractivity contribution in [3.63, 3.8) is 0 Å². The fraction of sp³-hybridized carbons (Fsp3) is 0.588. The lowest BCUT2D eigenvalue weighted by Gasteiger charge is -2.13. The number of rotatable bonds is 11. The Morgan fingerprint density at radius 3 is 2.67 bits per heavy atom. The first-order chi connectivity index (χ1) is 11.6. The van der Waals surface area contributed by atoms with E-state index in [1.54, 1.807) is 25.1 Å². The van der Waals surface area contributed by atoms with E-state index in [1.807, 2.05) is 0 Å². The molecule has 134 valence electrons. The van der Waals surface area contributed by atoms with Crippen LogP contribution in [0.3, 0.4) is 0 Å². The van der Waals surface area contributed by atoms with E-state index in [4.69, 9.17) is 9.57 Å². The smallest absolute Gasteiger partial charge is 0.431 e. The second-order valence-electron chi connectivity index (χ2n) is 5.68. The Labute approximate surface area is 142 Å². The highest BCUT2D eigenvalue weighted by molar-refractivity contribution is 5.65. The first kappa shape index (κ1) is 19.9. The molecule has 1 atom stereocenters. The molecule has 7 nitrogen and oxygen atoms in total. The van der Waals surface area contributed by atoms with Crippen LogP contribution in [0.5, 0.6) is 0 Å². The van der Waals surface area contributed by atoms with E-state index in [0.29, 0.717) is 12.2 Å². The molecule has 0 aromatic heterocycles. The minimum atomic E-state index is -0.686. The largest absolute Gasteiger partial charge is 0.447 e. The average Bonchev–Trinajstić information content (AvgIpc) is 2.58. The lowest BCUT2D eigenvalue weighted by molar-refractivity contribution is -0.385. The van der Waals surface area contributed by atoms with Gasteiger partial charge in [0.05, 0.1) is 11.5 Å². The molecule has 0 spiro atoms. The van der Waals surface area contributed by atoms with Gasteiger partial charge in [0.1, 0.15) is 6.61 Å². The molecule has 0 heterocycles. The zero-order valence-electron chi connectivity index (χ0n) is 14.3. The highest BCUT2D eigenvalue weighted by atomic mass is 16.7. The Morgan fingerprint density at radius 1 is 1.25 bits per heavy atom. The number of nitrogens with zero attached hydrogens (tertiary/aromatic N) is 1. The number of nitrogens with one attached hydrogen (secondary N) is 1. The van der Waals surface area contributed by atoms with Crippen LogP contribution in [0.15, 0.2) is 24.3 Å². The number of unbranched alkanes of at least 4 members (excludes halogenated alkanes) is 4. The molecule has 1 N–H and O–H groups in total. The molecule has 1 aromatic rings. The normalized spacial score (nSPS) is 11.8. The van der Waals surface area contributed by atoms with Crippen LogP contribution >= 0.6 is 0 Å². The van der Waals surface area contributed by atoms with Gasteiger partial charge >= 0.3 is 6.09 Å². The monoisotopic (exact) mass is 338 g/mol. The predicted molar refractivity (Wildman–Crippen MR) is 90.7 cm³/mol. The zero-order valence-corrected chi connectivity index (χ0v) is 14.3. The quantitative estimate of drug-likeness (QED) is 0.368. The number of hydroxylamine groups is 1. The van der Waals surface area contributed by atoms with Gasteiger partial charge in [0.15, 0.2) is 0 Å². The van der Waals surface area contributed by atoms with Gasteiger partial charge in [-0.05, 0) is 6.42 Å². The Morgan fingerprint density at radius 2 is 1.96 bits per heavy atom. The average molecular weight is 338 g/mol. The first-order valence-electron chi connectivity index (χ1n) is 8.34. The Kier molecular flexibility index (Phi) is 9.45. The van der Waals surface area contributed by atoms with Crippen molar-refractivity contribution in [1.29, 1.82) is 0 Å². The van der Waals surface area contributed by atoms with E-state index in [0.717, 1.165) is 19.3 Å². The van der Waals surface area contributed by atoms with Crippen molar-refractivity contribution < 1.29 is 19.3 Å². The molecule has 24 heavy (non-hydrogen) atoms. The molecule has 0 aliphatic heterocycles. The van der Waals surface area contributed by atoms with E-state index in [2.05, 4.69) is 12.4 Å². The standard InChI is InChI=1S/C17H26N2O5/c1-3-4-5-6-9-12-24-18-17(20)23-13-14(2)15-10-7-8-11-16(15)19(21)22/h7-8,10-11,14H,3-6,9,12-13H2,1-2H3,(H,18,20). The van der Waals surface area contributed by atoms with Crippen LogP contribution in [0.2, 0.25) is 0 Å². The van der Waals surface area contributed by atoms with Crippen LogP contribution in [0, 0.1) is 10.1 Å². The Bertz CT molecular complexity index is 521. The summed E-state index contributed by atoms with van der Waals surface area (Å²) in [6.45, 7) is 4.40. The van der Waals surface area contributed by atoms with Crippen molar-refractivity contribution >= 4 is 11.8 Å². The summed E-state index contributed by atoms with van der Waals surface area (Å²) in [5.74, 6) is -0.286. The van der Waals surface area contributed by atoms with E-state index in [1.165, 1.54) is 18.9 Å². The van der Waals surface area contributed by atoms with Crippen LogP contribution < -0.4 is 5.48 Å². The molecule has 0 saturated carbocycles. The summed E-state index contributed by atoms with van der Waals surface area (Å²) in [7, 11) is 0. The molecular formula is C17H26N2O5. The SMILES string of the molecule is CCCCCCCONC(=O)OCC(C)c1ccccc1[N+](=O)[O-]. The highest BCUT2D eigenvalue weighted by Crippen LogP contribution is 2.26. The highest BCUT2D eigenvalue weighted by Gasteiger charge is 2.19. The lowest BCUT2D eigenvalue weighted by Crippen LogP contribution is -2.26. The van der Waals surface area contributed by atoms with E-state index in [-0.39, 0.29) is 18.2 Å². The topological polar surface area (TPSA) is 90.7 Å². The minimum Gasteiger partial charge on any atom is -0.447 e. The molecule has 0 radical (unpaired) electrons. The number of amides is 1. The molecular weight excluding hydrogens is 312 g/mol. The molecule has 1 amide bonds. The predicted octanol–water partition coefficient (Wildman–Crippen LogP) is 4.33. The van der Waals surface area contributed by atoms with Gasteiger partial charge in [-0.1, -0.05) is 57.7 Å². The molecule has 7 heteroatoms. The van der Waals surface area contributed by atoms with Gasteiger partial charge in [0, 0.05) is 17.5 Å². The second kappa shape index (κ2) is 11.4.